The van der Waals surface area contributed by atoms with Gasteiger partial charge in [0, 0.05) is 11.5 Å². The Hall–Kier alpha value is 0.370. The van der Waals surface area contributed by atoms with Crippen LogP contribution < -0.4 is 5.32 Å². The van der Waals surface area contributed by atoms with Crippen molar-refractivity contribution >= 4 is 27.7 Å². The smallest absolute Gasteiger partial charge is 0.0939 e. The molecule has 0 radical (unpaired) electrons. The van der Waals surface area contributed by atoms with Gasteiger partial charge in [-0.05, 0) is 12.3 Å². The molecular formula is C5H8BrNS. The number of alkyl halides is 1. The van der Waals surface area contributed by atoms with Gasteiger partial charge in [-0.2, -0.15) is 0 Å². The minimum atomic E-state index is 0.208. The molecule has 0 aliphatic carbocycles. The molecule has 1 nitrogen and oxygen atoms in total. The Morgan fingerprint density at radius 1 is 1.88 bits per heavy atom. The average molecular weight is 194 g/mol. The molecule has 1 aliphatic rings. The van der Waals surface area contributed by atoms with E-state index in [4.69, 9.17) is 0 Å². The summed E-state index contributed by atoms with van der Waals surface area (Å²) in [4.78, 5) is 0.208. The van der Waals surface area contributed by atoms with Crippen molar-refractivity contribution in [3.05, 3.63) is 11.6 Å². The molecule has 0 aromatic rings. The standard InChI is InChI=1S/C5H8BrNS/c1-5(4-6)7-2-3-8-5/h2-3,7H,4H2,1H3. The summed E-state index contributed by atoms with van der Waals surface area (Å²) in [6, 6.07) is 0. The van der Waals surface area contributed by atoms with E-state index in [0.717, 1.165) is 5.33 Å². The Bertz CT molecular complexity index is 105. The van der Waals surface area contributed by atoms with Crippen molar-refractivity contribution < 1.29 is 0 Å². The summed E-state index contributed by atoms with van der Waals surface area (Å²) in [7, 11) is 0. The van der Waals surface area contributed by atoms with Crippen molar-refractivity contribution in [2.75, 3.05) is 5.33 Å². The van der Waals surface area contributed by atoms with Crippen LogP contribution in [0.25, 0.3) is 0 Å². The molecule has 0 bridgehead atoms. The molecule has 1 unspecified atom stereocenters. The number of nitrogens with one attached hydrogen (secondary N) is 1. The number of hydrogen-bond acceptors (Lipinski definition) is 2. The van der Waals surface area contributed by atoms with Crippen LogP contribution in [0.4, 0.5) is 0 Å². The monoisotopic (exact) mass is 193 g/mol. The van der Waals surface area contributed by atoms with Gasteiger partial charge in [0.25, 0.3) is 0 Å². The topological polar surface area (TPSA) is 12.0 Å². The molecule has 8 heavy (non-hydrogen) atoms. The van der Waals surface area contributed by atoms with Crippen molar-refractivity contribution in [3.8, 4) is 0 Å². The van der Waals surface area contributed by atoms with Crippen LogP contribution in [0.1, 0.15) is 6.92 Å². The van der Waals surface area contributed by atoms with Crippen LogP contribution in [0.2, 0.25) is 0 Å². The average Bonchev–Trinajstić information content (AvgIpc) is 2.17. The number of halogens is 1. The van der Waals surface area contributed by atoms with Crippen LogP contribution in [0.5, 0.6) is 0 Å². The Morgan fingerprint density at radius 3 is 2.88 bits per heavy atom. The van der Waals surface area contributed by atoms with Gasteiger partial charge >= 0.3 is 0 Å². The molecule has 1 N–H and O–H groups in total. The lowest BCUT2D eigenvalue weighted by Gasteiger charge is -2.19. The van der Waals surface area contributed by atoms with Crippen molar-refractivity contribution in [3.63, 3.8) is 0 Å². The first-order valence-corrected chi connectivity index (χ1v) is 4.43. The fourth-order valence-corrected chi connectivity index (χ4v) is 1.69. The SMILES string of the molecule is CC1(CBr)NC=CS1. The summed E-state index contributed by atoms with van der Waals surface area (Å²) in [5, 5.41) is 6.27. The molecule has 0 saturated carbocycles. The Labute approximate surface area is 62.0 Å². The molecule has 0 saturated heterocycles. The summed E-state index contributed by atoms with van der Waals surface area (Å²) in [6.45, 7) is 2.16. The second-order valence-electron chi connectivity index (χ2n) is 1.93. The van der Waals surface area contributed by atoms with Crippen LogP contribution >= 0.6 is 27.7 Å². The zero-order valence-corrected chi connectivity index (χ0v) is 7.05. The van der Waals surface area contributed by atoms with Gasteiger partial charge < -0.3 is 5.32 Å². The predicted molar refractivity (Wildman–Crippen MR) is 42.1 cm³/mol. The third-order valence-electron chi connectivity index (χ3n) is 1.04. The van der Waals surface area contributed by atoms with E-state index >= 15 is 0 Å². The van der Waals surface area contributed by atoms with Gasteiger partial charge in [-0.3, -0.25) is 0 Å². The maximum atomic E-state index is 3.41. The largest absolute Gasteiger partial charge is 0.375 e. The fourth-order valence-electron chi connectivity index (χ4n) is 0.499. The Kier molecular flexibility index (Phi) is 1.88. The maximum absolute atomic E-state index is 3.41. The predicted octanol–water partition coefficient (Wildman–Crippen LogP) is 1.91. The van der Waals surface area contributed by atoms with Crippen molar-refractivity contribution in [1.82, 2.24) is 5.32 Å². The van der Waals surface area contributed by atoms with Gasteiger partial charge in [0.1, 0.15) is 0 Å². The molecule has 0 fully saturated rings. The van der Waals surface area contributed by atoms with Crippen LogP contribution in [-0.4, -0.2) is 10.2 Å². The summed E-state index contributed by atoms with van der Waals surface area (Å²) >= 11 is 5.22. The second kappa shape index (κ2) is 2.31. The highest BCUT2D eigenvalue weighted by Crippen LogP contribution is 2.28. The molecule has 1 aliphatic heterocycles. The lowest BCUT2D eigenvalue weighted by Crippen LogP contribution is -2.33. The van der Waals surface area contributed by atoms with E-state index in [-0.39, 0.29) is 4.87 Å². The number of thioether (sulfide) groups is 1. The van der Waals surface area contributed by atoms with Gasteiger partial charge in [0.05, 0.1) is 4.87 Å². The zero-order valence-electron chi connectivity index (χ0n) is 4.65. The Balaban J connectivity index is 2.46. The quantitative estimate of drug-likeness (QED) is 0.640. The summed E-state index contributed by atoms with van der Waals surface area (Å²) in [5.74, 6) is 0. The molecule has 1 heterocycles. The van der Waals surface area contributed by atoms with E-state index < -0.39 is 0 Å². The van der Waals surface area contributed by atoms with Crippen LogP contribution in [0, 0.1) is 0 Å². The van der Waals surface area contributed by atoms with E-state index in [1.165, 1.54) is 0 Å². The van der Waals surface area contributed by atoms with Crippen LogP contribution in [0.3, 0.4) is 0 Å². The molecule has 0 aromatic carbocycles. The van der Waals surface area contributed by atoms with E-state index in [9.17, 15) is 0 Å². The number of hydrogen-bond donors (Lipinski definition) is 1. The van der Waals surface area contributed by atoms with E-state index in [1.54, 1.807) is 11.8 Å². The lowest BCUT2D eigenvalue weighted by molar-refractivity contribution is 0.667. The highest BCUT2D eigenvalue weighted by Gasteiger charge is 2.23. The fraction of sp³-hybridized carbons (Fsp3) is 0.600. The summed E-state index contributed by atoms with van der Waals surface area (Å²) in [5.41, 5.74) is 0. The molecule has 1 rings (SSSR count). The van der Waals surface area contributed by atoms with E-state index in [1.807, 2.05) is 6.20 Å². The first kappa shape index (κ1) is 6.49. The number of rotatable bonds is 1. The van der Waals surface area contributed by atoms with Gasteiger partial charge in [0.15, 0.2) is 0 Å². The second-order valence-corrected chi connectivity index (χ2v) is 3.90. The summed E-state index contributed by atoms with van der Waals surface area (Å²) in [6.07, 6.45) is 1.98. The molecule has 46 valence electrons. The molecule has 3 heteroatoms. The first-order valence-electron chi connectivity index (χ1n) is 2.43. The molecule has 0 spiro atoms. The molecular weight excluding hydrogens is 186 g/mol. The minimum absolute atomic E-state index is 0.208. The van der Waals surface area contributed by atoms with Crippen molar-refractivity contribution in [1.29, 1.82) is 0 Å². The first-order chi connectivity index (χ1) is 3.77. The zero-order chi connectivity index (χ0) is 6.04. The van der Waals surface area contributed by atoms with Crippen LogP contribution in [-0.2, 0) is 0 Å². The van der Waals surface area contributed by atoms with Gasteiger partial charge in [-0.1, -0.05) is 15.9 Å². The minimum Gasteiger partial charge on any atom is -0.375 e. The van der Waals surface area contributed by atoms with Gasteiger partial charge in [-0.25, -0.2) is 0 Å². The molecule has 0 aromatic heterocycles. The van der Waals surface area contributed by atoms with Crippen molar-refractivity contribution in [2.24, 2.45) is 0 Å². The maximum Gasteiger partial charge on any atom is 0.0939 e. The lowest BCUT2D eigenvalue weighted by atomic mass is 10.4. The third kappa shape index (κ3) is 1.20. The normalized spacial score (nSPS) is 35.2. The van der Waals surface area contributed by atoms with E-state index in [2.05, 4.69) is 33.6 Å². The molecule has 0 amide bonds. The molecule has 1 atom stereocenters. The van der Waals surface area contributed by atoms with Crippen molar-refractivity contribution in [2.45, 2.75) is 11.8 Å². The Morgan fingerprint density at radius 2 is 2.62 bits per heavy atom. The highest BCUT2D eigenvalue weighted by atomic mass is 79.9. The van der Waals surface area contributed by atoms with E-state index in [0.29, 0.717) is 0 Å². The van der Waals surface area contributed by atoms with Crippen LogP contribution in [0.15, 0.2) is 11.6 Å². The van der Waals surface area contributed by atoms with Gasteiger partial charge in [0.2, 0.25) is 0 Å². The third-order valence-corrected chi connectivity index (χ3v) is 3.59. The summed E-state index contributed by atoms with van der Waals surface area (Å²) < 4.78 is 0. The highest BCUT2D eigenvalue weighted by molar-refractivity contribution is 9.09. The van der Waals surface area contributed by atoms with Gasteiger partial charge in [-0.15, -0.1) is 11.8 Å².